The maximum absolute atomic E-state index is 10.3. The Morgan fingerprint density at radius 2 is 1.96 bits per heavy atom. The van der Waals surface area contributed by atoms with Gasteiger partial charge in [0.05, 0.1) is 18.3 Å². The van der Waals surface area contributed by atoms with Crippen LogP contribution in [-0.4, -0.2) is 59.7 Å². The number of hydrogen-bond donors (Lipinski definition) is 2. The van der Waals surface area contributed by atoms with E-state index in [9.17, 15) is 5.11 Å². The van der Waals surface area contributed by atoms with Gasteiger partial charge in [-0.3, -0.25) is 4.90 Å². The molecule has 1 spiro atoms. The normalized spacial score (nSPS) is 24.7. The summed E-state index contributed by atoms with van der Waals surface area (Å²) in [7, 11) is 0. The molecule has 0 saturated carbocycles. The Labute approximate surface area is 137 Å². The molecule has 128 valence electrons. The summed E-state index contributed by atoms with van der Waals surface area (Å²) >= 11 is 0. The minimum atomic E-state index is -0.304. The molecular weight excluding hydrogens is 294 g/mol. The molecule has 5 nitrogen and oxygen atoms in total. The second-order valence-electron chi connectivity index (χ2n) is 6.56. The van der Waals surface area contributed by atoms with Gasteiger partial charge in [0, 0.05) is 26.2 Å². The second-order valence-corrected chi connectivity index (χ2v) is 6.56. The number of benzene rings is 1. The van der Waals surface area contributed by atoms with Crippen molar-refractivity contribution >= 4 is 0 Å². The quantitative estimate of drug-likeness (QED) is 0.862. The molecule has 2 N–H and O–H groups in total. The van der Waals surface area contributed by atoms with Crippen molar-refractivity contribution in [1.82, 2.24) is 4.90 Å². The van der Waals surface area contributed by atoms with E-state index < -0.39 is 0 Å². The van der Waals surface area contributed by atoms with Gasteiger partial charge in [0.15, 0.2) is 0 Å². The highest BCUT2D eigenvalue weighted by Crippen LogP contribution is 2.35. The molecule has 0 aliphatic carbocycles. The summed E-state index contributed by atoms with van der Waals surface area (Å²) in [4.78, 5) is 2.42. The predicted molar refractivity (Wildman–Crippen MR) is 87.5 cm³/mol. The number of piperidine rings is 1. The van der Waals surface area contributed by atoms with Crippen LogP contribution in [0, 0.1) is 0 Å². The maximum atomic E-state index is 10.3. The van der Waals surface area contributed by atoms with Gasteiger partial charge in [-0.25, -0.2) is 0 Å². The number of hydrogen-bond acceptors (Lipinski definition) is 5. The molecule has 0 aromatic heterocycles. The number of aliphatic hydroxyl groups excluding tert-OH is 2. The Morgan fingerprint density at radius 1 is 1.22 bits per heavy atom. The Kier molecular flexibility index (Phi) is 5.54. The van der Waals surface area contributed by atoms with Crippen molar-refractivity contribution in [2.75, 3.05) is 32.9 Å². The first-order valence-corrected chi connectivity index (χ1v) is 8.59. The molecule has 23 heavy (non-hydrogen) atoms. The Bertz CT molecular complexity index is 482. The highest BCUT2D eigenvalue weighted by atomic mass is 16.5. The SMILES string of the molecule is OCCOc1ccc(CN2CCC3(CC2)OCCCC3O)cc1. The van der Waals surface area contributed by atoms with E-state index in [1.165, 1.54) is 5.56 Å². The molecule has 3 rings (SSSR count). The summed E-state index contributed by atoms with van der Waals surface area (Å²) in [6, 6.07) is 8.04. The van der Waals surface area contributed by atoms with Crippen LogP contribution in [0.1, 0.15) is 31.2 Å². The third-order valence-corrected chi connectivity index (χ3v) is 5.01. The predicted octanol–water partition coefficient (Wildman–Crippen LogP) is 1.56. The van der Waals surface area contributed by atoms with Crippen LogP contribution in [0.4, 0.5) is 0 Å². The minimum absolute atomic E-state index is 0.0329. The van der Waals surface area contributed by atoms with E-state index >= 15 is 0 Å². The fraction of sp³-hybridized carbons (Fsp3) is 0.667. The van der Waals surface area contributed by atoms with Crippen molar-refractivity contribution in [2.45, 2.75) is 43.9 Å². The van der Waals surface area contributed by atoms with E-state index in [2.05, 4.69) is 17.0 Å². The molecular formula is C18H27NO4. The summed E-state index contributed by atoms with van der Waals surface area (Å²) in [5.41, 5.74) is 0.957. The van der Waals surface area contributed by atoms with Gasteiger partial charge in [0.1, 0.15) is 12.4 Å². The molecule has 1 aromatic rings. The van der Waals surface area contributed by atoms with E-state index in [0.29, 0.717) is 6.61 Å². The van der Waals surface area contributed by atoms with Gasteiger partial charge >= 0.3 is 0 Å². The van der Waals surface area contributed by atoms with Crippen molar-refractivity contribution < 1.29 is 19.7 Å². The van der Waals surface area contributed by atoms with Crippen LogP contribution in [-0.2, 0) is 11.3 Å². The van der Waals surface area contributed by atoms with Crippen LogP contribution in [0.2, 0.25) is 0 Å². The molecule has 1 unspecified atom stereocenters. The lowest BCUT2D eigenvalue weighted by molar-refractivity contribution is -0.177. The first-order valence-electron chi connectivity index (χ1n) is 8.59. The zero-order valence-electron chi connectivity index (χ0n) is 13.6. The highest BCUT2D eigenvalue weighted by molar-refractivity contribution is 5.27. The van der Waals surface area contributed by atoms with Crippen LogP contribution in [0.25, 0.3) is 0 Å². The minimum Gasteiger partial charge on any atom is -0.491 e. The van der Waals surface area contributed by atoms with Gasteiger partial charge in [0.25, 0.3) is 0 Å². The molecule has 0 radical (unpaired) electrons. The molecule has 0 bridgehead atoms. The maximum Gasteiger partial charge on any atom is 0.119 e. The van der Waals surface area contributed by atoms with E-state index in [1.54, 1.807) is 0 Å². The number of rotatable bonds is 5. The van der Waals surface area contributed by atoms with Gasteiger partial charge in [0.2, 0.25) is 0 Å². The molecule has 0 amide bonds. The number of ether oxygens (including phenoxy) is 2. The molecule has 2 aliphatic heterocycles. The van der Waals surface area contributed by atoms with Crippen LogP contribution < -0.4 is 4.74 Å². The number of aliphatic hydroxyl groups is 2. The lowest BCUT2D eigenvalue weighted by Gasteiger charge is -2.46. The molecule has 5 heteroatoms. The fourth-order valence-corrected chi connectivity index (χ4v) is 3.59. The van der Waals surface area contributed by atoms with E-state index in [4.69, 9.17) is 14.6 Å². The molecule has 2 fully saturated rings. The van der Waals surface area contributed by atoms with E-state index in [1.807, 2.05) is 12.1 Å². The first kappa shape index (κ1) is 16.7. The first-order chi connectivity index (χ1) is 11.2. The molecule has 1 atom stereocenters. The van der Waals surface area contributed by atoms with Gasteiger partial charge in [-0.05, 0) is 43.4 Å². The number of nitrogens with zero attached hydrogens (tertiary/aromatic N) is 1. The topological polar surface area (TPSA) is 62.2 Å². The third kappa shape index (κ3) is 4.04. The van der Waals surface area contributed by atoms with Crippen molar-refractivity contribution in [2.24, 2.45) is 0 Å². The standard InChI is InChI=1S/C18H27NO4/c20-11-13-22-16-5-3-15(4-6-16)14-19-9-7-18(8-10-19)17(21)2-1-12-23-18/h3-6,17,20-21H,1-2,7-14H2. The summed E-state index contributed by atoms with van der Waals surface area (Å²) in [6.07, 6.45) is 3.35. The van der Waals surface area contributed by atoms with Crippen LogP contribution in [0.15, 0.2) is 24.3 Å². The lowest BCUT2D eigenvalue weighted by atomic mass is 9.82. The Hall–Kier alpha value is -1.14. The smallest absolute Gasteiger partial charge is 0.119 e. The van der Waals surface area contributed by atoms with Gasteiger partial charge in [-0.2, -0.15) is 0 Å². The summed E-state index contributed by atoms with van der Waals surface area (Å²) in [6.45, 7) is 3.97. The summed E-state index contributed by atoms with van der Waals surface area (Å²) < 4.78 is 11.3. The Morgan fingerprint density at radius 3 is 2.61 bits per heavy atom. The van der Waals surface area contributed by atoms with Crippen LogP contribution >= 0.6 is 0 Å². The van der Waals surface area contributed by atoms with Crippen LogP contribution in [0.3, 0.4) is 0 Å². The van der Waals surface area contributed by atoms with Crippen molar-refractivity contribution in [3.63, 3.8) is 0 Å². The van der Waals surface area contributed by atoms with Crippen LogP contribution in [0.5, 0.6) is 5.75 Å². The average Bonchev–Trinajstić information content (AvgIpc) is 2.59. The van der Waals surface area contributed by atoms with Crippen molar-refractivity contribution in [3.8, 4) is 5.75 Å². The molecule has 1 aromatic carbocycles. The lowest BCUT2D eigenvalue weighted by Crippen LogP contribution is -2.55. The molecule has 2 heterocycles. The monoisotopic (exact) mass is 321 g/mol. The van der Waals surface area contributed by atoms with Crippen molar-refractivity contribution in [1.29, 1.82) is 0 Å². The zero-order chi connectivity index (χ0) is 16.1. The van der Waals surface area contributed by atoms with Gasteiger partial charge < -0.3 is 19.7 Å². The van der Waals surface area contributed by atoms with Crippen molar-refractivity contribution in [3.05, 3.63) is 29.8 Å². The third-order valence-electron chi connectivity index (χ3n) is 5.01. The second kappa shape index (κ2) is 7.62. The average molecular weight is 321 g/mol. The van der Waals surface area contributed by atoms with E-state index in [0.717, 1.165) is 57.7 Å². The fourth-order valence-electron chi connectivity index (χ4n) is 3.59. The number of likely N-dealkylation sites (tertiary alicyclic amines) is 1. The van der Waals surface area contributed by atoms with Gasteiger partial charge in [-0.15, -0.1) is 0 Å². The molecule has 2 aliphatic rings. The van der Waals surface area contributed by atoms with Gasteiger partial charge in [-0.1, -0.05) is 12.1 Å². The largest absolute Gasteiger partial charge is 0.491 e. The highest BCUT2D eigenvalue weighted by Gasteiger charge is 2.43. The Balaban J connectivity index is 1.50. The summed E-state index contributed by atoms with van der Waals surface area (Å²) in [5.74, 6) is 0.791. The zero-order valence-corrected chi connectivity index (χ0v) is 13.6. The van der Waals surface area contributed by atoms with E-state index in [-0.39, 0.29) is 18.3 Å². The summed E-state index contributed by atoms with van der Waals surface area (Å²) in [5, 5.41) is 19.0. The molecule has 2 saturated heterocycles.